The summed E-state index contributed by atoms with van der Waals surface area (Å²) < 4.78 is 0.952. The summed E-state index contributed by atoms with van der Waals surface area (Å²) in [6.07, 6.45) is 0.824. The third kappa shape index (κ3) is 6.79. The SMILES string of the molecule is CCC(=O)N(Cc1cccc(Br)c1)[C@@H](Cc1ccccc1)C(=O)NC(C)(C)C. The molecule has 0 aliphatic carbocycles. The van der Waals surface area contributed by atoms with Gasteiger partial charge < -0.3 is 10.2 Å². The normalized spacial score (nSPS) is 12.3. The maximum absolute atomic E-state index is 13.2. The van der Waals surface area contributed by atoms with E-state index in [9.17, 15) is 9.59 Å². The number of benzene rings is 2. The van der Waals surface area contributed by atoms with Gasteiger partial charge in [0.1, 0.15) is 6.04 Å². The molecule has 0 bridgehead atoms. The molecule has 0 aromatic heterocycles. The summed E-state index contributed by atoms with van der Waals surface area (Å²) in [7, 11) is 0. The van der Waals surface area contributed by atoms with E-state index >= 15 is 0 Å². The second kappa shape index (κ2) is 9.87. The highest BCUT2D eigenvalue weighted by Crippen LogP contribution is 2.19. The van der Waals surface area contributed by atoms with Crippen molar-refractivity contribution in [2.45, 2.75) is 58.7 Å². The van der Waals surface area contributed by atoms with Crippen LogP contribution < -0.4 is 5.32 Å². The molecule has 2 rings (SSSR count). The smallest absolute Gasteiger partial charge is 0.243 e. The van der Waals surface area contributed by atoms with Crippen LogP contribution in [0, 0.1) is 0 Å². The molecule has 0 fully saturated rings. The molecule has 28 heavy (non-hydrogen) atoms. The first-order valence-corrected chi connectivity index (χ1v) is 10.4. The second-order valence-corrected chi connectivity index (χ2v) is 8.87. The number of hydrogen-bond acceptors (Lipinski definition) is 2. The summed E-state index contributed by atoms with van der Waals surface area (Å²) in [5.41, 5.74) is 1.64. The molecule has 0 aliphatic rings. The molecular weight excluding hydrogens is 416 g/mol. The van der Waals surface area contributed by atoms with Crippen LogP contribution >= 0.6 is 15.9 Å². The number of halogens is 1. The maximum Gasteiger partial charge on any atom is 0.243 e. The van der Waals surface area contributed by atoms with E-state index < -0.39 is 6.04 Å². The zero-order valence-electron chi connectivity index (χ0n) is 17.0. The van der Waals surface area contributed by atoms with Gasteiger partial charge in [0.15, 0.2) is 0 Å². The van der Waals surface area contributed by atoms with Gasteiger partial charge in [-0.2, -0.15) is 0 Å². The van der Waals surface area contributed by atoms with E-state index in [1.54, 1.807) is 4.90 Å². The van der Waals surface area contributed by atoms with Gasteiger partial charge in [0.25, 0.3) is 0 Å². The highest BCUT2D eigenvalue weighted by molar-refractivity contribution is 9.10. The van der Waals surface area contributed by atoms with Crippen molar-refractivity contribution >= 4 is 27.7 Å². The summed E-state index contributed by atoms with van der Waals surface area (Å²) in [5, 5.41) is 3.05. The van der Waals surface area contributed by atoms with Crippen molar-refractivity contribution < 1.29 is 9.59 Å². The third-order valence-electron chi connectivity index (χ3n) is 4.31. The van der Waals surface area contributed by atoms with Gasteiger partial charge in [-0.05, 0) is 44.0 Å². The van der Waals surface area contributed by atoms with Crippen molar-refractivity contribution in [3.8, 4) is 0 Å². The van der Waals surface area contributed by atoms with Gasteiger partial charge >= 0.3 is 0 Å². The van der Waals surface area contributed by atoms with Crippen molar-refractivity contribution in [2.75, 3.05) is 0 Å². The molecule has 4 nitrogen and oxygen atoms in total. The molecule has 0 aliphatic heterocycles. The second-order valence-electron chi connectivity index (χ2n) is 7.95. The lowest BCUT2D eigenvalue weighted by molar-refractivity contribution is -0.141. The first-order chi connectivity index (χ1) is 13.2. The van der Waals surface area contributed by atoms with Gasteiger partial charge in [0.05, 0.1) is 0 Å². The zero-order valence-corrected chi connectivity index (χ0v) is 18.6. The first-order valence-electron chi connectivity index (χ1n) is 9.59. The number of carbonyl (C=O) groups is 2. The molecule has 2 aromatic carbocycles. The largest absolute Gasteiger partial charge is 0.350 e. The van der Waals surface area contributed by atoms with Gasteiger partial charge in [-0.3, -0.25) is 9.59 Å². The van der Waals surface area contributed by atoms with Crippen molar-refractivity contribution in [3.05, 3.63) is 70.2 Å². The van der Waals surface area contributed by atoms with Gasteiger partial charge in [0.2, 0.25) is 11.8 Å². The Balaban J connectivity index is 2.38. The molecule has 0 spiro atoms. The van der Waals surface area contributed by atoms with E-state index in [-0.39, 0.29) is 17.4 Å². The van der Waals surface area contributed by atoms with E-state index in [0.717, 1.165) is 15.6 Å². The summed E-state index contributed by atoms with van der Waals surface area (Å²) in [5.74, 6) is -0.168. The Labute approximate surface area is 176 Å². The van der Waals surface area contributed by atoms with Gasteiger partial charge in [0, 0.05) is 29.4 Å². The van der Waals surface area contributed by atoms with E-state index in [0.29, 0.717) is 19.4 Å². The van der Waals surface area contributed by atoms with E-state index in [1.807, 2.05) is 82.3 Å². The Kier molecular flexibility index (Phi) is 7.81. The molecule has 1 atom stereocenters. The van der Waals surface area contributed by atoms with Crippen LogP contribution in [-0.2, 0) is 22.6 Å². The summed E-state index contributed by atoms with van der Waals surface area (Å²) in [4.78, 5) is 27.7. The molecule has 5 heteroatoms. The Bertz CT molecular complexity index is 800. The third-order valence-corrected chi connectivity index (χ3v) is 4.81. The number of rotatable bonds is 7. The quantitative estimate of drug-likeness (QED) is 0.671. The topological polar surface area (TPSA) is 49.4 Å². The molecular formula is C23H29BrN2O2. The minimum atomic E-state index is -0.576. The predicted octanol–water partition coefficient (Wildman–Crippen LogP) is 4.71. The Morgan fingerprint density at radius 2 is 1.68 bits per heavy atom. The standard InChI is InChI=1S/C23H29BrN2O2/c1-5-21(27)26(16-18-12-9-13-19(24)14-18)20(22(28)25-23(2,3)4)15-17-10-7-6-8-11-17/h6-14,20H,5,15-16H2,1-4H3,(H,25,28)/t20-/m0/s1. The number of nitrogens with one attached hydrogen (secondary N) is 1. The lowest BCUT2D eigenvalue weighted by atomic mass is 10.0. The minimum absolute atomic E-state index is 0.0371. The molecule has 0 heterocycles. The molecule has 150 valence electrons. The fourth-order valence-electron chi connectivity index (χ4n) is 3.04. The van der Waals surface area contributed by atoms with Crippen LogP contribution in [0.15, 0.2) is 59.1 Å². The first kappa shape index (κ1) is 22.2. The predicted molar refractivity (Wildman–Crippen MR) is 117 cm³/mol. The van der Waals surface area contributed by atoms with Crippen LogP contribution in [0.4, 0.5) is 0 Å². The van der Waals surface area contributed by atoms with Crippen molar-refractivity contribution in [1.29, 1.82) is 0 Å². The highest BCUT2D eigenvalue weighted by atomic mass is 79.9. The lowest BCUT2D eigenvalue weighted by Gasteiger charge is -2.33. The summed E-state index contributed by atoms with van der Waals surface area (Å²) in [6.45, 7) is 8.07. The number of carbonyl (C=O) groups excluding carboxylic acids is 2. The monoisotopic (exact) mass is 444 g/mol. The van der Waals surface area contributed by atoms with Crippen molar-refractivity contribution in [2.24, 2.45) is 0 Å². The summed E-state index contributed by atoms with van der Waals surface area (Å²) in [6, 6.07) is 17.1. The zero-order chi connectivity index (χ0) is 20.7. The van der Waals surface area contributed by atoms with E-state index in [4.69, 9.17) is 0 Å². The molecule has 0 saturated carbocycles. The number of hydrogen-bond donors (Lipinski definition) is 1. The number of amides is 2. The molecule has 2 aromatic rings. The Morgan fingerprint density at radius 1 is 1.04 bits per heavy atom. The van der Waals surface area contributed by atoms with Gasteiger partial charge in [-0.25, -0.2) is 0 Å². The molecule has 2 amide bonds. The van der Waals surface area contributed by atoms with Crippen LogP contribution in [0.2, 0.25) is 0 Å². The van der Waals surface area contributed by atoms with Crippen LogP contribution in [0.25, 0.3) is 0 Å². The van der Waals surface area contributed by atoms with Gasteiger partial charge in [-0.15, -0.1) is 0 Å². The highest BCUT2D eigenvalue weighted by Gasteiger charge is 2.31. The Hall–Kier alpha value is -2.14. The molecule has 0 saturated heterocycles. The minimum Gasteiger partial charge on any atom is -0.350 e. The Morgan fingerprint density at radius 3 is 2.25 bits per heavy atom. The van der Waals surface area contributed by atoms with Crippen LogP contribution in [0.1, 0.15) is 45.2 Å². The number of nitrogens with zero attached hydrogens (tertiary/aromatic N) is 1. The molecule has 1 N–H and O–H groups in total. The molecule has 0 radical (unpaired) electrons. The average Bonchev–Trinajstić information content (AvgIpc) is 2.63. The van der Waals surface area contributed by atoms with Gasteiger partial charge in [-0.1, -0.05) is 65.3 Å². The fourth-order valence-corrected chi connectivity index (χ4v) is 3.49. The van der Waals surface area contributed by atoms with Crippen molar-refractivity contribution in [3.63, 3.8) is 0 Å². The van der Waals surface area contributed by atoms with Crippen LogP contribution in [0.3, 0.4) is 0 Å². The maximum atomic E-state index is 13.2. The molecule has 0 unspecified atom stereocenters. The van der Waals surface area contributed by atoms with Crippen LogP contribution in [0.5, 0.6) is 0 Å². The van der Waals surface area contributed by atoms with Crippen LogP contribution in [-0.4, -0.2) is 28.3 Å². The summed E-state index contributed by atoms with van der Waals surface area (Å²) >= 11 is 3.48. The van der Waals surface area contributed by atoms with E-state index in [1.165, 1.54) is 0 Å². The lowest BCUT2D eigenvalue weighted by Crippen LogP contribution is -2.54. The van der Waals surface area contributed by atoms with Crippen molar-refractivity contribution in [1.82, 2.24) is 10.2 Å². The average molecular weight is 445 g/mol. The fraction of sp³-hybridized carbons (Fsp3) is 0.391. The van der Waals surface area contributed by atoms with E-state index in [2.05, 4.69) is 21.2 Å².